The molecule has 0 atom stereocenters. The van der Waals surface area contributed by atoms with Crippen molar-refractivity contribution >= 4 is 16.9 Å². The van der Waals surface area contributed by atoms with E-state index in [1.807, 2.05) is 7.05 Å². The SMILES string of the molecule is CNCCC1CCN(C(=O)Cn2c(C(F)(F)F)nc3ccccc32)CC1. The summed E-state index contributed by atoms with van der Waals surface area (Å²) in [5.74, 6) is -0.743. The number of hydrogen-bond donors (Lipinski definition) is 1. The van der Waals surface area contributed by atoms with Crippen molar-refractivity contribution in [3.63, 3.8) is 0 Å². The molecule has 0 unspecified atom stereocenters. The summed E-state index contributed by atoms with van der Waals surface area (Å²) in [4.78, 5) is 18.0. The number of hydrogen-bond acceptors (Lipinski definition) is 3. The van der Waals surface area contributed by atoms with Crippen LogP contribution in [0.25, 0.3) is 11.0 Å². The van der Waals surface area contributed by atoms with Gasteiger partial charge in [-0.25, -0.2) is 4.98 Å². The van der Waals surface area contributed by atoms with Gasteiger partial charge >= 0.3 is 6.18 Å². The van der Waals surface area contributed by atoms with E-state index in [1.54, 1.807) is 23.1 Å². The number of rotatable bonds is 5. The fraction of sp³-hybridized carbons (Fsp3) is 0.556. The third kappa shape index (κ3) is 4.00. The maximum Gasteiger partial charge on any atom is 0.449 e. The van der Waals surface area contributed by atoms with Gasteiger partial charge in [0.25, 0.3) is 0 Å². The summed E-state index contributed by atoms with van der Waals surface area (Å²) in [6, 6.07) is 6.38. The third-order valence-corrected chi connectivity index (χ3v) is 4.97. The molecule has 1 saturated heterocycles. The summed E-state index contributed by atoms with van der Waals surface area (Å²) in [5, 5.41) is 3.12. The number of carbonyl (C=O) groups excluding carboxylic acids is 1. The van der Waals surface area contributed by atoms with Crippen LogP contribution in [0.3, 0.4) is 0 Å². The number of carbonyl (C=O) groups is 1. The van der Waals surface area contributed by atoms with Crippen LogP contribution >= 0.6 is 0 Å². The standard InChI is InChI=1S/C18H23F3N4O/c1-22-9-6-13-7-10-24(11-8-13)16(26)12-25-15-5-3-2-4-14(15)23-17(25)18(19,20)21/h2-5,13,22H,6-12H2,1H3. The number of piperidine rings is 1. The van der Waals surface area contributed by atoms with E-state index in [1.165, 1.54) is 6.07 Å². The van der Waals surface area contributed by atoms with Crippen LogP contribution in [0.15, 0.2) is 24.3 Å². The highest BCUT2D eigenvalue weighted by Gasteiger charge is 2.38. The van der Waals surface area contributed by atoms with Gasteiger partial charge in [-0.1, -0.05) is 12.1 Å². The molecule has 0 aliphatic carbocycles. The quantitative estimate of drug-likeness (QED) is 0.883. The molecule has 2 aromatic rings. The molecule has 1 aliphatic heterocycles. The van der Waals surface area contributed by atoms with E-state index in [9.17, 15) is 18.0 Å². The number of para-hydroxylation sites is 2. The summed E-state index contributed by atoms with van der Waals surface area (Å²) in [7, 11) is 1.91. The van der Waals surface area contributed by atoms with Gasteiger partial charge in [0.05, 0.1) is 11.0 Å². The lowest BCUT2D eigenvalue weighted by molar-refractivity contribution is -0.148. The first-order chi connectivity index (χ1) is 12.4. The highest BCUT2D eigenvalue weighted by atomic mass is 19.4. The molecule has 1 aromatic carbocycles. The fourth-order valence-corrected chi connectivity index (χ4v) is 3.51. The Bertz CT molecular complexity index is 763. The topological polar surface area (TPSA) is 50.2 Å². The maximum atomic E-state index is 13.3. The van der Waals surface area contributed by atoms with E-state index in [2.05, 4.69) is 10.3 Å². The molecule has 0 spiro atoms. The summed E-state index contributed by atoms with van der Waals surface area (Å²) < 4.78 is 41.0. The number of imidazole rings is 1. The van der Waals surface area contributed by atoms with Crippen LogP contribution in [0.5, 0.6) is 0 Å². The molecule has 142 valence electrons. The van der Waals surface area contributed by atoms with E-state index in [0.717, 1.165) is 30.4 Å². The van der Waals surface area contributed by atoms with Crippen LogP contribution in [0.2, 0.25) is 0 Å². The van der Waals surface area contributed by atoms with Crippen molar-refractivity contribution in [2.24, 2.45) is 5.92 Å². The van der Waals surface area contributed by atoms with Gasteiger partial charge < -0.3 is 14.8 Å². The molecule has 1 fully saturated rings. The lowest BCUT2D eigenvalue weighted by Gasteiger charge is -2.32. The molecule has 1 N–H and O–H groups in total. The summed E-state index contributed by atoms with van der Waals surface area (Å²) in [5.41, 5.74) is 0.579. The molecule has 1 aromatic heterocycles. The lowest BCUT2D eigenvalue weighted by atomic mass is 9.93. The zero-order valence-corrected chi connectivity index (χ0v) is 14.7. The smallest absolute Gasteiger partial charge is 0.341 e. The van der Waals surface area contributed by atoms with Crippen LogP contribution < -0.4 is 5.32 Å². The molecule has 2 heterocycles. The molecule has 5 nitrogen and oxygen atoms in total. The van der Waals surface area contributed by atoms with Crippen LogP contribution in [-0.4, -0.2) is 47.0 Å². The Kier molecular flexibility index (Phi) is 5.50. The van der Waals surface area contributed by atoms with Gasteiger partial charge in [0.1, 0.15) is 6.54 Å². The number of likely N-dealkylation sites (tertiary alicyclic amines) is 1. The summed E-state index contributed by atoms with van der Waals surface area (Å²) in [6.45, 7) is 1.80. The number of amides is 1. The minimum Gasteiger partial charge on any atom is -0.341 e. The second kappa shape index (κ2) is 7.65. The van der Waals surface area contributed by atoms with Crippen molar-refractivity contribution in [1.82, 2.24) is 19.8 Å². The van der Waals surface area contributed by atoms with E-state index >= 15 is 0 Å². The van der Waals surface area contributed by atoms with Gasteiger partial charge in [0, 0.05) is 13.1 Å². The number of nitrogens with one attached hydrogen (secondary N) is 1. The Morgan fingerprint density at radius 1 is 1.27 bits per heavy atom. The third-order valence-electron chi connectivity index (χ3n) is 4.97. The Labute approximate surface area is 150 Å². The average molecular weight is 368 g/mol. The van der Waals surface area contributed by atoms with Gasteiger partial charge in [0.2, 0.25) is 11.7 Å². The molecule has 0 bridgehead atoms. The van der Waals surface area contributed by atoms with Crippen molar-refractivity contribution in [2.75, 3.05) is 26.7 Å². The fourth-order valence-electron chi connectivity index (χ4n) is 3.51. The number of alkyl halides is 3. The number of benzene rings is 1. The predicted octanol–water partition coefficient (Wildman–Crippen LogP) is 2.90. The maximum absolute atomic E-state index is 13.3. The molecule has 3 rings (SSSR count). The summed E-state index contributed by atoms with van der Waals surface area (Å²) >= 11 is 0. The second-order valence-electron chi connectivity index (χ2n) is 6.72. The zero-order chi connectivity index (χ0) is 18.7. The Morgan fingerprint density at radius 3 is 2.62 bits per heavy atom. The first-order valence-electron chi connectivity index (χ1n) is 8.85. The van der Waals surface area contributed by atoms with Gasteiger partial charge in [-0.2, -0.15) is 13.2 Å². The molecule has 0 saturated carbocycles. The predicted molar refractivity (Wildman–Crippen MR) is 92.6 cm³/mol. The van der Waals surface area contributed by atoms with E-state index in [4.69, 9.17) is 0 Å². The van der Waals surface area contributed by atoms with Crippen molar-refractivity contribution < 1.29 is 18.0 Å². The Hall–Kier alpha value is -2.09. The van der Waals surface area contributed by atoms with Crippen molar-refractivity contribution in [1.29, 1.82) is 0 Å². The number of fused-ring (bicyclic) bond motifs is 1. The first-order valence-corrected chi connectivity index (χ1v) is 8.85. The zero-order valence-electron chi connectivity index (χ0n) is 14.7. The van der Waals surface area contributed by atoms with Gasteiger partial charge in [-0.05, 0) is 50.9 Å². The lowest BCUT2D eigenvalue weighted by Crippen LogP contribution is -2.41. The van der Waals surface area contributed by atoms with Crippen molar-refractivity contribution in [2.45, 2.75) is 32.0 Å². The highest BCUT2D eigenvalue weighted by Crippen LogP contribution is 2.31. The van der Waals surface area contributed by atoms with Crippen molar-refractivity contribution in [3.05, 3.63) is 30.1 Å². The van der Waals surface area contributed by atoms with E-state index in [-0.39, 0.29) is 18.0 Å². The molecule has 8 heteroatoms. The normalized spacial score (nSPS) is 16.4. The van der Waals surface area contributed by atoms with Gasteiger partial charge in [-0.3, -0.25) is 4.79 Å². The molecule has 26 heavy (non-hydrogen) atoms. The number of halogens is 3. The molecular formula is C18H23F3N4O. The number of nitrogens with zero attached hydrogens (tertiary/aromatic N) is 3. The highest BCUT2D eigenvalue weighted by molar-refractivity contribution is 5.81. The van der Waals surface area contributed by atoms with Crippen LogP contribution in [0.1, 0.15) is 25.1 Å². The second-order valence-corrected chi connectivity index (χ2v) is 6.72. The molecule has 1 aliphatic rings. The molecule has 0 radical (unpaired) electrons. The van der Waals surface area contributed by atoms with E-state index in [0.29, 0.717) is 24.5 Å². The van der Waals surface area contributed by atoms with E-state index < -0.39 is 12.0 Å². The van der Waals surface area contributed by atoms with Gasteiger partial charge in [-0.15, -0.1) is 0 Å². The minimum absolute atomic E-state index is 0.249. The summed E-state index contributed by atoms with van der Waals surface area (Å²) in [6.07, 6.45) is -1.75. The monoisotopic (exact) mass is 368 g/mol. The molecule has 1 amide bonds. The largest absolute Gasteiger partial charge is 0.449 e. The Balaban J connectivity index is 1.74. The molecular weight excluding hydrogens is 345 g/mol. The minimum atomic E-state index is -4.60. The number of aromatic nitrogens is 2. The first kappa shape index (κ1) is 18.7. The average Bonchev–Trinajstić information content (AvgIpc) is 2.99. The van der Waals surface area contributed by atoms with Gasteiger partial charge in [0.15, 0.2) is 0 Å². The van der Waals surface area contributed by atoms with Crippen LogP contribution in [0, 0.1) is 5.92 Å². The van der Waals surface area contributed by atoms with Crippen LogP contribution in [0.4, 0.5) is 13.2 Å². The van der Waals surface area contributed by atoms with Crippen molar-refractivity contribution in [3.8, 4) is 0 Å². The van der Waals surface area contributed by atoms with Crippen LogP contribution in [-0.2, 0) is 17.5 Å². The Morgan fingerprint density at radius 2 is 1.96 bits per heavy atom.